The first-order valence-corrected chi connectivity index (χ1v) is 5.39. The molecule has 1 aromatic carbocycles. The molecule has 5 heteroatoms. The summed E-state index contributed by atoms with van der Waals surface area (Å²) in [7, 11) is 0. The lowest BCUT2D eigenvalue weighted by molar-refractivity contribution is 0.102. The Labute approximate surface area is 103 Å². The standard InChI is InChI=1S/C12H11ClN2O2/c1-7-4-9(16)2-3-10(7)15-12(17)11-5-8(13)6-14-11/h2-6,14,16H,1H3,(H,15,17). The van der Waals surface area contributed by atoms with Crippen molar-refractivity contribution in [3.8, 4) is 5.75 Å². The number of aromatic hydroxyl groups is 1. The molecule has 0 atom stereocenters. The van der Waals surface area contributed by atoms with Gasteiger partial charge in [0, 0.05) is 11.9 Å². The van der Waals surface area contributed by atoms with E-state index in [9.17, 15) is 9.90 Å². The van der Waals surface area contributed by atoms with Crippen LogP contribution in [0.4, 0.5) is 5.69 Å². The minimum absolute atomic E-state index is 0.170. The Balaban J connectivity index is 2.18. The smallest absolute Gasteiger partial charge is 0.272 e. The average Bonchev–Trinajstić information content (AvgIpc) is 2.69. The van der Waals surface area contributed by atoms with Crippen LogP contribution in [0.25, 0.3) is 0 Å². The van der Waals surface area contributed by atoms with Crippen molar-refractivity contribution in [2.24, 2.45) is 0 Å². The molecule has 1 heterocycles. The van der Waals surface area contributed by atoms with Crippen LogP contribution < -0.4 is 5.32 Å². The molecule has 4 nitrogen and oxygen atoms in total. The van der Waals surface area contributed by atoms with Crippen molar-refractivity contribution in [2.45, 2.75) is 6.92 Å². The van der Waals surface area contributed by atoms with Crippen molar-refractivity contribution in [1.82, 2.24) is 4.98 Å². The number of rotatable bonds is 2. The largest absolute Gasteiger partial charge is 0.508 e. The van der Waals surface area contributed by atoms with Crippen LogP contribution in [0.5, 0.6) is 5.75 Å². The van der Waals surface area contributed by atoms with Gasteiger partial charge >= 0.3 is 0 Å². The van der Waals surface area contributed by atoms with Crippen LogP contribution in [-0.2, 0) is 0 Å². The molecule has 3 N–H and O–H groups in total. The van der Waals surface area contributed by atoms with Crippen LogP contribution in [0.1, 0.15) is 16.1 Å². The number of anilines is 1. The zero-order valence-corrected chi connectivity index (χ0v) is 9.88. The molecule has 0 aliphatic heterocycles. The van der Waals surface area contributed by atoms with Crippen LogP contribution in [0.2, 0.25) is 5.02 Å². The first kappa shape index (κ1) is 11.5. The molecule has 88 valence electrons. The van der Waals surface area contributed by atoms with E-state index in [0.717, 1.165) is 5.56 Å². The van der Waals surface area contributed by atoms with Crippen molar-refractivity contribution < 1.29 is 9.90 Å². The number of halogens is 1. The monoisotopic (exact) mass is 250 g/mol. The molecule has 1 amide bonds. The zero-order chi connectivity index (χ0) is 12.4. The number of H-pyrrole nitrogens is 1. The number of phenolic OH excluding ortho intramolecular Hbond substituents is 1. The number of carbonyl (C=O) groups excluding carboxylic acids is 1. The summed E-state index contributed by atoms with van der Waals surface area (Å²) in [4.78, 5) is 14.6. The van der Waals surface area contributed by atoms with Gasteiger partial charge < -0.3 is 15.4 Å². The molecule has 2 rings (SSSR count). The van der Waals surface area contributed by atoms with E-state index in [-0.39, 0.29) is 11.7 Å². The molecule has 0 aliphatic carbocycles. The lowest BCUT2D eigenvalue weighted by Gasteiger charge is -2.07. The van der Waals surface area contributed by atoms with E-state index in [1.165, 1.54) is 6.07 Å². The Morgan fingerprint density at radius 1 is 1.41 bits per heavy atom. The molecule has 0 radical (unpaired) electrons. The van der Waals surface area contributed by atoms with E-state index < -0.39 is 0 Å². The molecule has 0 aliphatic rings. The van der Waals surface area contributed by atoms with Crippen molar-refractivity contribution in [3.63, 3.8) is 0 Å². The quantitative estimate of drug-likeness (QED) is 0.718. The fourth-order valence-electron chi connectivity index (χ4n) is 1.48. The van der Waals surface area contributed by atoms with Crippen LogP contribution >= 0.6 is 11.6 Å². The SMILES string of the molecule is Cc1cc(O)ccc1NC(=O)c1cc(Cl)c[nH]1. The van der Waals surface area contributed by atoms with Gasteiger partial charge in [0.05, 0.1) is 5.02 Å². The minimum atomic E-state index is -0.273. The van der Waals surface area contributed by atoms with Gasteiger partial charge in [-0.1, -0.05) is 11.6 Å². The van der Waals surface area contributed by atoms with Crippen molar-refractivity contribution in [1.29, 1.82) is 0 Å². The number of phenols is 1. The highest BCUT2D eigenvalue weighted by Crippen LogP contribution is 2.21. The second-order valence-corrected chi connectivity index (χ2v) is 4.12. The fourth-order valence-corrected chi connectivity index (χ4v) is 1.64. The summed E-state index contributed by atoms with van der Waals surface area (Å²) in [5, 5.41) is 12.5. The van der Waals surface area contributed by atoms with Gasteiger partial charge in [0.1, 0.15) is 11.4 Å². The Kier molecular flexibility index (Phi) is 3.06. The van der Waals surface area contributed by atoms with Crippen LogP contribution in [0.15, 0.2) is 30.5 Å². The third-order valence-corrected chi connectivity index (χ3v) is 2.57. The molecular weight excluding hydrogens is 240 g/mol. The Morgan fingerprint density at radius 3 is 2.76 bits per heavy atom. The molecule has 0 saturated carbocycles. The van der Waals surface area contributed by atoms with Crippen LogP contribution in [-0.4, -0.2) is 16.0 Å². The third kappa shape index (κ3) is 2.60. The van der Waals surface area contributed by atoms with Gasteiger partial charge in [-0.25, -0.2) is 0 Å². The van der Waals surface area contributed by atoms with E-state index in [2.05, 4.69) is 10.3 Å². The number of nitrogens with one attached hydrogen (secondary N) is 2. The van der Waals surface area contributed by atoms with Gasteiger partial charge in [-0.15, -0.1) is 0 Å². The minimum Gasteiger partial charge on any atom is -0.508 e. The number of benzene rings is 1. The van der Waals surface area contributed by atoms with E-state index >= 15 is 0 Å². The Morgan fingerprint density at radius 2 is 2.18 bits per heavy atom. The van der Waals surface area contributed by atoms with E-state index in [1.54, 1.807) is 31.3 Å². The van der Waals surface area contributed by atoms with Crippen LogP contribution in [0.3, 0.4) is 0 Å². The first-order chi connectivity index (χ1) is 8.06. The molecule has 0 saturated heterocycles. The predicted molar refractivity (Wildman–Crippen MR) is 66.6 cm³/mol. The second kappa shape index (κ2) is 4.51. The van der Waals surface area contributed by atoms with E-state index in [0.29, 0.717) is 16.4 Å². The first-order valence-electron chi connectivity index (χ1n) is 5.01. The number of aromatic nitrogens is 1. The topological polar surface area (TPSA) is 65.1 Å². The summed E-state index contributed by atoms with van der Waals surface area (Å²) in [6.45, 7) is 1.80. The maximum atomic E-state index is 11.8. The van der Waals surface area contributed by atoms with Crippen LogP contribution in [0, 0.1) is 6.92 Å². The van der Waals surface area contributed by atoms with Gasteiger partial charge in [-0.3, -0.25) is 4.79 Å². The summed E-state index contributed by atoms with van der Waals surface area (Å²) in [5.41, 5.74) is 1.83. The summed E-state index contributed by atoms with van der Waals surface area (Å²) in [5.74, 6) is -0.103. The molecular formula is C12H11ClN2O2. The molecule has 0 bridgehead atoms. The number of aromatic amines is 1. The maximum Gasteiger partial charge on any atom is 0.272 e. The zero-order valence-electron chi connectivity index (χ0n) is 9.12. The second-order valence-electron chi connectivity index (χ2n) is 3.68. The molecule has 17 heavy (non-hydrogen) atoms. The lowest BCUT2D eigenvalue weighted by atomic mass is 10.2. The molecule has 0 unspecified atom stereocenters. The summed E-state index contributed by atoms with van der Waals surface area (Å²) in [6, 6.07) is 6.29. The predicted octanol–water partition coefficient (Wildman–Crippen LogP) is 2.93. The number of hydrogen-bond acceptors (Lipinski definition) is 2. The van der Waals surface area contributed by atoms with Crippen molar-refractivity contribution >= 4 is 23.2 Å². The highest BCUT2D eigenvalue weighted by Gasteiger charge is 2.09. The average molecular weight is 251 g/mol. The number of aryl methyl sites for hydroxylation is 1. The number of amides is 1. The highest BCUT2D eigenvalue weighted by atomic mass is 35.5. The fraction of sp³-hybridized carbons (Fsp3) is 0.0833. The molecule has 1 aromatic heterocycles. The lowest BCUT2D eigenvalue weighted by Crippen LogP contribution is -2.12. The van der Waals surface area contributed by atoms with Gasteiger partial charge in [-0.05, 0) is 36.8 Å². The highest BCUT2D eigenvalue weighted by molar-refractivity contribution is 6.31. The number of carbonyl (C=O) groups is 1. The molecule has 0 spiro atoms. The maximum absolute atomic E-state index is 11.8. The normalized spacial score (nSPS) is 10.2. The summed E-state index contributed by atoms with van der Waals surface area (Å²) in [6.07, 6.45) is 1.54. The Hall–Kier alpha value is -1.94. The Bertz CT molecular complexity index is 563. The number of hydrogen-bond donors (Lipinski definition) is 3. The molecule has 2 aromatic rings. The van der Waals surface area contributed by atoms with Gasteiger partial charge in [0.2, 0.25) is 0 Å². The van der Waals surface area contributed by atoms with Crippen molar-refractivity contribution in [2.75, 3.05) is 5.32 Å². The summed E-state index contributed by atoms with van der Waals surface area (Å²) < 4.78 is 0. The van der Waals surface area contributed by atoms with E-state index in [1.807, 2.05) is 0 Å². The van der Waals surface area contributed by atoms with Gasteiger partial charge in [0.15, 0.2) is 0 Å². The third-order valence-electron chi connectivity index (χ3n) is 2.35. The van der Waals surface area contributed by atoms with Gasteiger partial charge in [-0.2, -0.15) is 0 Å². The van der Waals surface area contributed by atoms with Gasteiger partial charge in [0.25, 0.3) is 5.91 Å². The van der Waals surface area contributed by atoms with E-state index in [4.69, 9.17) is 11.6 Å². The molecule has 0 fully saturated rings. The summed E-state index contributed by atoms with van der Waals surface area (Å²) >= 11 is 5.72. The van der Waals surface area contributed by atoms with Crippen molar-refractivity contribution in [3.05, 3.63) is 46.7 Å².